The van der Waals surface area contributed by atoms with E-state index < -0.39 is 11.8 Å². The van der Waals surface area contributed by atoms with E-state index in [1.54, 1.807) is 72.7 Å². The zero-order chi connectivity index (χ0) is 31.4. The molecule has 0 fully saturated rings. The first-order valence-corrected chi connectivity index (χ1v) is 15.2. The Bertz CT molecular complexity index is 1740. The number of carbonyl (C=O) groups is 3. The minimum Gasteiger partial charge on any atom is -0.497 e. The minimum absolute atomic E-state index is 0.0590. The molecular weight excluding hydrogens is 582 g/mol. The van der Waals surface area contributed by atoms with Gasteiger partial charge in [-0.3, -0.25) is 19.3 Å². The lowest BCUT2D eigenvalue weighted by Crippen LogP contribution is -2.30. The van der Waals surface area contributed by atoms with E-state index in [0.717, 1.165) is 16.3 Å². The fraction of sp³-hybridized carbons (Fsp3) is 0.0541. The van der Waals surface area contributed by atoms with Crippen molar-refractivity contribution in [3.05, 3.63) is 156 Å². The molecule has 0 aliphatic rings. The number of amides is 3. The zero-order valence-corrected chi connectivity index (χ0v) is 25.4. The van der Waals surface area contributed by atoms with E-state index in [4.69, 9.17) is 4.74 Å². The SMILES string of the molecule is COc1cccc(/C=C(\NC(=O)c2ccccc2)C(=O)Nc2ccc(SCC(=O)N(c3ccccc3)c3ccccc3)cc2)c1. The number of nitrogens with one attached hydrogen (secondary N) is 2. The van der Waals surface area contributed by atoms with Gasteiger partial charge in [0.25, 0.3) is 11.8 Å². The fourth-order valence-electron chi connectivity index (χ4n) is 4.47. The number of hydrogen-bond donors (Lipinski definition) is 2. The number of thioether (sulfide) groups is 1. The number of anilines is 3. The lowest BCUT2D eigenvalue weighted by molar-refractivity contribution is -0.115. The number of hydrogen-bond acceptors (Lipinski definition) is 5. The Hall–Kier alpha value is -5.60. The van der Waals surface area contributed by atoms with Crippen molar-refractivity contribution in [3.8, 4) is 5.75 Å². The molecular formula is C37H31N3O4S. The molecule has 5 rings (SSSR count). The fourth-order valence-corrected chi connectivity index (χ4v) is 5.22. The predicted molar refractivity (Wildman–Crippen MR) is 181 cm³/mol. The molecule has 8 heteroatoms. The van der Waals surface area contributed by atoms with Crippen LogP contribution in [0.3, 0.4) is 0 Å². The highest BCUT2D eigenvalue weighted by atomic mass is 32.2. The summed E-state index contributed by atoms with van der Waals surface area (Å²) < 4.78 is 5.30. The van der Waals surface area contributed by atoms with Gasteiger partial charge in [0.05, 0.1) is 12.9 Å². The zero-order valence-electron chi connectivity index (χ0n) is 24.6. The molecule has 0 radical (unpaired) electrons. The Kier molecular flexibility index (Phi) is 10.4. The van der Waals surface area contributed by atoms with Gasteiger partial charge in [-0.15, -0.1) is 11.8 Å². The molecule has 0 aromatic heterocycles. The van der Waals surface area contributed by atoms with Crippen LogP contribution in [0.5, 0.6) is 5.75 Å². The van der Waals surface area contributed by atoms with E-state index in [9.17, 15) is 14.4 Å². The number of carbonyl (C=O) groups excluding carboxylic acids is 3. The van der Waals surface area contributed by atoms with Crippen LogP contribution in [-0.2, 0) is 9.59 Å². The molecule has 45 heavy (non-hydrogen) atoms. The number of ether oxygens (including phenoxy) is 1. The van der Waals surface area contributed by atoms with Crippen LogP contribution in [0.2, 0.25) is 0 Å². The topological polar surface area (TPSA) is 87.7 Å². The van der Waals surface area contributed by atoms with Gasteiger partial charge in [-0.2, -0.15) is 0 Å². The van der Waals surface area contributed by atoms with Gasteiger partial charge in [0.15, 0.2) is 0 Å². The standard InChI is InChI=1S/C37H31N3O4S/c1-44-32-19-11-12-27(24-32)25-34(39-36(42)28-13-5-2-6-14-28)37(43)38-29-20-22-33(23-21-29)45-26-35(41)40(30-15-7-3-8-16-30)31-17-9-4-10-18-31/h2-25H,26H2,1H3,(H,38,43)(H,39,42)/b34-25-. The Labute approximate surface area is 266 Å². The third-order valence-electron chi connectivity index (χ3n) is 6.69. The monoisotopic (exact) mass is 613 g/mol. The molecule has 0 saturated heterocycles. The summed E-state index contributed by atoms with van der Waals surface area (Å²) >= 11 is 1.41. The van der Waals surface area contributed by atoms with Crippen molar-refractivity contribution in [2.45, 2.75) is 4.90 Å². The molecule has 5 aromatic carbocycles. The first kappa shape index (κ1) is 30.8. The van der Waals surface area contributed by atoms with Gasteiger partial charge in [0.2, 0.25) is 5.91 Å². The maximum Gasteiger partial charge on any atom is 0.272 e. The molecule has 3 amide bonds. The van der Waals surface area contributed by atoms with Crippen LogP contribution in [0, 0.1) is 0 Å². The molecule has 0 heterocycles. The first-order chi connectivity index (χ1) is 22.0. The molecule has 7 nitrogen and oxygen atoms in total. The summed E-state index contributed by atoms with van der Waals surface area (Å²) in [4.78, 5) is 42.3. The van der Waals surface area contributed by atoms with Crippen LogP contribution < -0.4 is 20.3 Å². The van der Waals surface area contributed by atoms with Crippen molar-refractivity contribution >= 4 is 52.6 Å². The highest BCUT2D eigenvalue weighted by Gasteiger charge is 2.19. The lowest BCUT2D eigenvalue weighted by atomic mass is 10.1. The van der Waals surface area contributed by atoms with Gasteiger partial charge in [-0.25, -0.2) is 0 Å². The average molecular weight is 614 g/mol. The molecule has 0 aliphatic carbocycles. The largest absolute Gasteiger partial charge is 0.497 e. The number of nitrogens with zero attached hydrogens (tertiary/aromatic N) is 1. The Morgan fingerprint density at radius 2 is 1.33 bits per heavy atom. The van der Waals surface area contributed by atoms with Crippen LogP contribution in [-0.4, -0.2) is 30.6 Å². The summed E-state index contributed by atoms with van der Waals surface area (Å²) in [6.45, 7) is 0. The second-order valence-electron chi connectivity index (χ2n) is 9.82. The predicted octanol–water partition coefficient (Wildman–Crippen LogP) is 7.56. The summed E-state index contributed by atoms with van der Waals surface area (Å²) in [5.74, 6) is -0.110. The number of benzene rings is 5. The quantitative estimate of drug-likeness (QED) is 0.119. The Morgan fingerprint density at radius 3 is 1.93 bits per heavy atom. The summed E-state index contributed by atoms with van der Waals surface area (Å²) in [5, 5.41) is 5.61. The van der Waals surface area contributed by atoms with Crippen molar-refractivity contribution in [2.75, 3.05) is 23.1 Å². The second-order valence-corrected chi connectivity index (χ2v) is 10.9. The Morgan fingerprint density at radius 1 is 0.733 bits per heavy atom. The number of methoxy groups -OCH3 is 1. The molecule has 0 atom stereocenters. The molecule has 224 valence electrons. The first-order valence-electron chi connectivity index (χ1n) is 14.2. The normalized spacial score (nSPS) is 10.9. The summed E-state index contributed by atoms with van der Waals surface area (Å²) in [5.41, 5.74) is 3.31. The number of rotatable bonds is 11. The van der Waals surface area contributed by atoms with E-state index in [2.05, 4.69) is 10.6 Å². The maximum absolute atomic E-state index is 13.4. The second kappa shape index (κ2) is 15.2. The van der Waals surface area contributed by atoms with Crippen LogP contribution >= 0.6 is 11.8 Å². The third kappa shape index (κ3) is 8.49. The van der Waals surface area contributed by atoms with E-state index >= 15 is 0 Å². The molecule has 5 aromatic rings. The molecule has 0 aliphatic heterocycles. The van der Waals surface area contributed by atoms with Gasteiger partial charge >= 0.3 is 0 Å². The van der Waals surface area contributed by atoms with Crippen molar-refractivity contribution in [2.24, 2.45) is 0 Å². The molecule has 0 saturated carbocycles. The van der Waals surface area contributed by atoms with Crippen LogP contribution in [0.15, 0.2) is 150 Å². The van der Waals surface area contributed by atoms with Crippen molar-refractivity contribution in [1.82, 2.24) is 5.32 Å². The van der Waals surface area contributed by atoms with Crippen LogP contribution in [0.1, 0.15) is 15.9 Å². The molecule has 2 N–H and O–H groups in total. The van der Waals surface area contributed by atoms with Gasteiger partial charge in [-0.05, 0) is 84.4 Å². The summed E-state index contributed by atoms with van der Waals surface area (Å²) in [7, 11) is 1.56. The van der Waals surface area contributed by atoms with Crippen LogP contribution in [0.25, 0.3) is 6.08 Å². The minimum atomic E-state index is -0.487. The van der Waals surface area contributed by atoms with E-state index in [-0.39, 0.29) is 17.4 Å². The summed E-state index contributed by atoms with van der Waals surface area (Å²) in [6, 6.07) is 42.2. The van der Waals surface area contributed by atoms with E-state index in [1.807, 2.05) is 84.9 Å². The highest BCUT2D eigenvalue weighted by molar-refractivity contribution is 8.00. The van der Waals surface area contributed by atoms with Crippen molar-refractivity contribution in [1.29, 1.82) is 0 Å². The molecule has 0 spiro atoms. The third-order valence-corrected chi connectivity index (χ3v) is 7.68. The van der Waals surface area contributed by atoms with Gasteiger partial charge < -0.3 is 15.4 Å². The average Bonchev–Trinajstić information content (AvgIpc) is 3.09. The van der Waals surface area contributed by atoms with E-state index in [1.165, 1.54) is 11.8 Å². The van der Waals surface area contributed by atoms with Crippen molar-refractivity contribution < 1.29 is 19.1 Å². The summed E-state index contributed by atoms with van der Waals surface area (Å²) in [6.07, 6.45) is 1.60. The maximum atomic E-state index is 13.4. The van der Waals surface area contributed by atoms with Gasteiger partial charge in [0.1, 0.15) is 11.4 Å². The number of para-hydroxylation sites is 2. The molecule has 0 bridgehead atoms. The lowest BCUT2D eigenvalue weighted by Gasteiger charge is -2.23. The van der Waals surface area contributed by atoms with Crippen molar-refractivity contribution in [3.63, 3.8) is 0 Å². The van der Waals surface area contributed by atoms with Gasteiger partial charge in [0, 0.05) is 27.5 Å². The van der Waals surface area contributed by atoms with E-state index in [0.29, 0.717) is 22.6 Å². The van der Waals surface area contributed by atoms with Crippen LogP contribution in [0.4, 0.5) is 17.1 Å². The smallest absolute Gasteiger partial charge is 0.272 e. The van der Waals surface area contributed by atoms with Gasteiger partial charge in [-0.1, -0.05) is 66.7 Å². The highest BCUT2D eigenvalue weighted by Crippen LogP contribution is 2.28. The molecule has 0 unspecified atom stereocenters. The Balaban J connectivity index is 1.27.